The molecular weight excluding hydrogens is 160 g/mol. The minimum atomic E-state index is -0.713. The van der Waals surface area contributed by atoms with Gasteiger partial charge in [0.25, 0.3) is 0 Å². The van der Waals surface area contributed by atoms with Crippen molar-refractivity contribution in [1.82, 2.24) is 0 Å². The quantitative estimate of drug-likeness (QED) is 0.560. The SMILES string of the molecule is COC(=O)[C@@H]1CC(=O)CC[C@@H]1O. The van der Waals surface area contributed by atoms with Gasteiger partial charge in [0.2, 0.25) is 0 Å². The lowest BCUT2D eigenvalue weighted by Gasteiger charge is -2.24. The summed E-state index contributed by atoms with van der Waals surface area (Å²) >= 11 is 0. The molecule has 0 unspecified atom stereocenters. The van der Waals surface area contributed by atoms with Gasteiger partial charge in [-0.15, -0.1) is 0 Å². The van der Waals surface area contributed by atoms with Gasteiger partial charge in [0.15, 0.2) is 0 Å². The van der Waals surface area contributed by atoms with E-state index >= 15 is 0 Å². The van der Waals surface area contributed by atoms with Gasteiger partial charge in [0.1, 0.15) is 5.78 Å². The summed E-state index contributed by atoms with van der Waals surface area (Å²) in [5, 5.41) is 9.34. The second-order valence-corrected chi connectivity index (χ2v) is 2.98. The summed E-state index contributed by atoms with van der Waals surface area (Å²) in [7, 11) is 1.26. The molecule has 1 aliphatic rings. The minimum Gasteiger partial charge on any atom is -0.469 e. The van der Waals surface area contributed by atoms with Gasteiger partial charge in [0.05, 0.1) is 19.1 Å². The van der Waals surface area contributed by atoms with Crippen LogP contribution in [0, 0.1) is 5.92 Å². The number of ether oxygens (including phenoxy) is 1. The summed E-state index contributed by atoms with van der Waals surface area (Å²) in [6.07, 6.45) is 0.149. The Morgan fingerprint density at radius 2 is 2.33 bits per heavy atom. The first-order valence-corrected chi connectivity index (χ1v) is 3.92. The Kier molecular flexibility index (Phi) is 2.81. The minimum absolute atomic E-state index is 0.0238. The van der Waals surface area contributed by atoms with Crippen molar-refractivity contribution >= 4 is 11.8 Å². The van der Waals surface area contributed by atoms with Crippen molar-refractivity contribution in [3.63, 3.8) is 0 Å². The number of Topliss-reactive ketones (excluding diaryl/α,β-unsaturated/α-hetero) is 1. The number of hydrogen-bond donors (Lipinski definition) is 1. The van der Waals surface area contributed by atoms with E-state index in [0.29, 0.717) is 12.8 Å². The number of ketones is 1. The maximum absolute atomic E-state index is 11.0. The Morgan fingerprint density at radius 3 is 2.92 bits per heavy atom. The summed E-state index contributed by atoms with van der Waals surface area (Å²) in [6.45, 7) is 0. The molecule has 1 fully saturated rings. The van der Waals surface area contributed by atoms with Crippen molar-refractivity contribution in [1.29, 1.82) is 0 Å². The topological polar surface area (TPSA) is 63.6 Å². The van der Waals surface area contributed by atoms with Crippen LogP contribution in [0.2, 0.25) is 0 Å². The molecule has 0 bridgehead atoms. The number of methoxy groups -OCH3 is 1. The third-order valence-corrected chi connectivity index (χ3v) is 2.13. The van der Waals surface area contributed by atoms with Crippen molar-refractivity contribution < 1.29 is 19.4 Å². The molecule has 1 aliphatic carbocycles. The van der Waals surface area contributed by atoms with E-state index in [1.807, 2.05) is 0 Å². The van der Waals surface area contributed by atoms with Crippen LogP contribution in [0.3, 0.4) is 0 Å². The Labute approximate surface area is 70.5 Å². The highest BCUT2D eigenvalue weighted by atomic mass is 16.5. The average molecular weight is 172 g/mol. The van der Waals surface area contributed by atoms with Crippen molar-refractivity contribution in [2.75, 3.05) is 7.11 Å². The molecule has 0 aliphatic heterocycles. The molecule has 1 saturated carbocycles. The van der Waals surface area contributed by atoms with E-state index in [9.17, 15) is 14.7 Å². The Bertz CT molecular complexity index is 199. The van der Waals surface area contributed by atoms with Crippen molar-refractivity contribution in [3.05, 3.63) is 0 Å². The molecule has 4 nitrogen and oxygen atoms in total. The van der Waals surface area contributed by atoms with E-state index in [1.165, 1.54) is 7.11 Å². The lowest BCUT2D eigenvalue weighted by atomic mass is 9.86. The smallest absolute Gasteiger partial charge is 0.311 e. The molecule has 2 atom stereocenters. The van der Waals surface area contributed by atoms with E-state index in [2.05, 4.69) is 4.74 Å². The second kappa shape index (κ2) is 3.67. The molecule has 4 heteroatoms. The van der Waals surface area contributed by atoms with E-state index in [0.717, 1.165) is 0 Å². The van der Waals surface area contributed by atoms with E-state index in [1.54, 1.807) is 0 Å². The molecule has 0 heterocycles. The first-order valence-electron chi connectivity index (χ1n) is 3.92. The fraction of sp³-hybridized carbons (Fsp3) is 0.750. The average Bonchev–Trinajstić information content (AvgIpc) is 2.08. The summed E-state index contributed by atoms with van der Waals surface area (Å²) in [5.41, 5.74) is 0. The highest BCUT2D eigenvalue weighted by Gasteiger charge is 2.33. The van der Waals surface area contributed by atoms with Gasteiger partial charge in [-0.2, -0.15) is 0 Å². The number of carbonyl (C=O) groups excluding carboxylic acids is 2. The van der Waals surface area contributed by atoms with Crippen molar-refractivity contribution in [2.45, 2.75) is 25.4 Å². The first-order chi connectivity index (χ1) is 5.65. The van der Waals surface area contributed by atoms with Gasteiger partial charge < -0.3 is 9.84 Å². The molecule has 12 heavy (non-hydrogen) atoms. The van der Waals surface area contributed by atoms with E-state index in [-0.39, 0.29) is 12.2 Å². The van der Waals surface area contributed by atoms with Crippen LogP contribution in [0.4, 0.5) is 0 Å². The standard InChI is InChI=1S/C8H12O4/c1-12-8(11)6-4-5(9)2-3-7(6)10/h6-7,10H,2-4H2,1H3/t6-,7+/m1/s1. The number of aliphatic hydroxyl groups is 1. The molecule has 0 radical (unpaired) electrons. The van der Waals surface area contributed by atoms with Gasteiger partial charge in [0, 0.05) is 12.8 Å². The number of hydrogen-bond acceptors (Lipinski definition) is 4. The summed E-state index contributed by atoms with van der Waals surface area (Å²) < 4.78 is 4.46. The lowest BCUT2D eigenvalue weighted by molar-refractivity contribution is -0.153. The predicted molar refractivity (Wildman–Crippen MR) is 40.4 cm³/mol. The molecule has 0 spiro atoms. The van der Waals surface area contributed by atoms with Crippen LogP contribution < -0.4 is 0 Å². The van der Waals surface area contributed by atoms with Crippen molar-refractivity contribution in [3.8, 4) is 0 Å². The van der Waals surface area contributed by atoms with Crippen LogP contribution in [0.5, 0.6) is 0 Å². The molecule has 0 amide bonds. The Balaban J connectivity index is 2.60. The zero-order valence-corrected chi connectivity index (χ0v) is 6.95. The number of esters is 1. The zero-order valence-electron chi connectivity index (χ0n) is 6.95. The monoisotopic (exact) mass is 172 g/mol. The normalized spacial score (nSPS) is 30.0. The largest absolute Gasteiger partial charge is 0.469 e. The molecule has 0 aromatic rings. The number of carbonyl (C=O) groups is 2. The van der Waals surface area contributed by atoms with Gasteiger partial charge in [-0.3, -0.25) is 9.59 Å². The Hall–Kier alpha value is -0.900. The second-order valence-electron chi connectivity index (χ2n) is 2.98. The van der Waals surface area contributed by atoms with Crippen LogP contribution >= 0.6 is 0 Å². The molecule has 68 valence electrons. The van der Waals surface area contributed by atoms with Crippen LogP contribution in [0.15, 0.2) is 0 Å². The van der Waals surface area contributed by atoms with Crippen LogP contribution in [0.1, 0.15) is 19.3 Å². The molecule has 1 rings (SSSR count). The molecule has 0 saturated heterocycles. The third kappa shape index (κ3) is 1.82. The number of aliphatic hydroxyl groups excluding tert-OH is 1. The van der Waals surface area contributed by atoms with Crippen LogP contribution in [-0.4, -0.2) is 30.1 Å². The summed E-state index contributed by atoms with van der Waals surface area (Å²) in [6, 6.07) is 0. The lowest BCUT2D eigenvalue weighted by Crippen LogP contribution is -2.35. The van der Waals surface area contributed by atoms with Gasteiger partial charge in [-0.05, 0) is 6.42 Å². The summed E-state index contributed by atoms with van der Waals surface area (Å²) in [5.74, 6) is -1.11. The highest BCUT2D eigenvalue weighted by molar-refractivity contribution is 5.86. The molecule has 0 aromatic carbocycles. The third-order valence-electron chi connectivity index (χ3n) is 2.13. The van der Waals surface area contributed by atoms with Crippen LogP contribution in [-0.2, 0) is 14.3 Å². The van der Waals surface area contributed by atoms with Gasteiger partial charge in [-0.25, -0.2) is 0 Å². The van der Waals surface area contributed by atoms with Gasteiger partial charge >= 0.3 is 5.97 Å². The maximum Gasteiger partial charge on any atom is 0.311 e. The zero-order chi connectivity index (χ0) is 9.14. The Morgan fingerprint density at radius 1 is 1.67 bits per heavy atom. The number of rotatable bonds is 1. The molecule has 0 aromatic heterocycles. The summed E-state index contributed by atoms with van der Waals surface area (Å²) in [4.78, 5) is 21.9. The predicted octanol–water partition coefficient (Wildman–Crippen LogP) is -0.111. The fourth-order valence-electron chi connectivity index (χ4n) is 1.39. The van der Waals surface area contributed by atoms with Gasteiger partial charge in [-0.1, -0.05) is 0 Å². The van der Waals surface area contributed by atoms with E-state index in [4.69, 9.17) is 0 Å². The molecule has 1 N–H and O–H groups in total. The fourth-order valence-corrected chi connectivity index (χ4v) is 1.39. The van der Waals surface area contributed by atoms with Crippen molar-refractivity contribution in [2.24, 2.45) is 5.92 Å². The highest BCUT2D eigenvalue weighted by Crippen LogP contribution is 2.22. The van der Waals surface area contributed by atoms with E-state index < -0.39 is 18.0 Å². The maximum atomic E-state index is 11.0. The first kappa shape index (κ1) is 9.19. The molecular formula is C8H12O4. The van der Waals surface area contributed by atoms with Crippen LogP contribution in [0.25, 0.3) is 0 Å².